The van der Waals surface area contributed by atoms with Crippen molar-refractivity contribution in [3.8, 4) is 0 Å². The summed E-state index contributed by atoms with van der Waals surface area (Å²) < 4.78 is 38.3. The van der Waals surface area contributed by atoms with Gasteiger partial charge in [-0.25, -0.2) is 0 Å². The summed E-state index contributed by atoms with van der Waals surface area (Å²) in [5.74, 6) is 0.664. The van der Waals surface area contributed by atoms with Crippen LogP contribution in [0.15, 0.2) is 61.2 Å². The van der Waals surface area contributed by atoms with Crippen molar-refractivity contribution in [2.45, 2.75) is 86.4 Å². The molecular formula is C31H44F3NO. The van der Waals surface area contributed by atoms with Crippen LogP contribution in [0.3, 0.4) is 0 Å². The molecule has 0 bridgehead atoms. The van der Waals surface area contributed by atoms with E-state index in [1.54, 1.807) is 12.1 Å². The fraction of sp³-hybridized carbons (Fsp3) is 0.452. The minimum atomic E-state index is -4.37. The third-order valence-electron chi connectivity index (χ3n) is 4.83. The first kappa shape index (κ1) is 33.2. The Morgan fingerprint density at radius 2 is 1.67 bits per heavy atom. The Labute approximate surface area is 216 Å². The fourth-order valence-corrected chi connectivity index (χ4v) is 3.42. The van der Waals surface area contributed by atoms with Gasteiger partial charge >= 0.3 is 6.18 Å². The van der Waals surface area contributed by atoms with E-state index < -0.39 is 11.7 Å². The molecule has 0 spiro atoms. The zero-order valence-corrected chi connectivity index (χ0v) is 23.0. The zero-order valence-electron chi connectivity index (χ0n) is 23.0. The molecule has 0 aromatic heterocycles. The zero-order chi connectivity index (χ0) is 27.7. The molecule has 1 aliphatic carbocycles. The Hall–Kier alpha value is -2.82. The van der Waals surface area contributed by atoms with E-state index in [0.29, 0.717) is 5.56 Å². The predicted molar refractivity (Wildman–Crippen MR) is 148 cm³/mol. The molecule has 0 fully saturated rings. The molecule has 0 radical (unpaired) electrons. The fourth-order valence-electron chi connectivity index (χ4n) is 3.42. The molecule has 2 nitrogen and oxygen atoms in total. The van der Waals surface area contributed by atoms with Crippen molar-refractivity contribution in [1.29, 1.82) is 0 Å². The summed E-state index contributed by atoms with van der Waals surface area (Å²) in [6.07, 6.45) is 4.05. The number of carbonyl (C=O) groups excluding carboxylic acids is 1. The highest BCUT2D eigenvalue weighted by molar-refractivity contribution is 5.77. The van der Waals surface area contributed by atoms with Crippen molar-refractivity contribution in [3.05, 3.63) is 89.0 Å². The van der Waals surface area contributed by atoms with E-state index in [1.807, 2.05) is 39.8 Å². The first-order valence-corrected chi connectivity index (χ1v) is 12.8. The third-order valence-corrected chi connectivity index (χ3v) is 4.83. The topological polar surface area (TPSA) is 29.1 Å². The summed E-state index contributed by atoms with van der Waals surface area (Å²) in [5.41, 5.74) is 3.33. The van der Waals surface area contributed by atoms with Gasteiger partial charge < -0.3 is 5.32 Å². The minimum absolute atomic E-state index is 0.149. The summed E-state index contributed by atoms with van der Waals surface area (Å²) in [6.45, 7) is 17.7. The van der Waals surface area contributed by atoms with Crippen molar-refractivity contribution in [2.75, 3.05) is 0 Å². The van der Waals surface area contributed by atoms with Gasteiger partial charge in [0.1, 0.15) is 0 Å². The lowest BCUT2D eigenvalue weighted by atomic mass is 9.90. The molecule has 0 aliphatic heterocycles. The number of alkyl halides is 3. The van der Waals surface area contributed by atoms with Gasteiger partial charge in [-0.3, -0.25) is 4.79 Å². The van der Waals surface area contributed by atoms with Crippen LogP contribution in [0.25, 0.3) is 6.08 Å². The summed E-state index contributed by atoms with van der Waals surface area (Å²) in [7, 11) is 0. The molecule has 5 heteroatoms. The Bertz CT molecular complexity index is 942. The molecule has 3 rings (SSSR count). The maximum Gasteiger partial charge on any atom is 0.416 e. The lowest BCUT2D eigenvalue weighted by Gasteiger charge is -2.21. The van der Waals surface area contributed by atoms with E-state index in [0.717, 1.165) is 42.0 Å². The number of carbonyl (C=O) groups is 1. The molecule has 1 N–H and O–H groups in total. The number of amides is 1. The largest absolute Gasteiger partial charge is 0.416 e. The van der Waals surface area contributed by atoms with E-state index in [9.17, 15) is 18.0 Å². The van der Waals surface area contributed by atoms with Crippen molar-refractivity contribution in [3.63, 3.8) is 0 Å². The van der Waals surface area contributed by atoms with Crippen molar-refractivity contribution in [1.82, 2.24) is 5.32 Å². The second-order valence-corrected chi connectivity index (χ2v) is 8.99. The van der Waals surface area contributed by atoms with Gasteiger partial charge in [-0.2, -0.15) is 13.2 Å². The van der Waals surface area contributed by atoms with Crippen molar-refractivity contribution < 1.29 is 18.0 Å². The molecule has 2 aromatic rings. The molecule has 1 amide bonds. The Morgan fingerprint density at radius 1 is 1.08 bits per heavy atom. The number of rotatable bonds is 5. The standard InChI is InChI=1S/C22H22F3NO.C4H10.C3H6.C2H6/c1-15(19-11-5-8-17-7-2-3-10-20(17)19)26-21(27)13-12-16-6-4-9-18(14-16)22(23,24)25;1-4(2)3;1-3-2;1-2/h3-6,8-11,14-15H,2,7,12-13H2,1H3,(H,26,27);4H,1-3H3;3H,1H2,2H3;1-2H3/t15-;;;/m1.../s1. The van der Waals surface area contributed by atoms with Gasteiger partial charge in [0.2, 0.25) is 5.91 Å². The highest BCUT2D eigenvalue weighted by atomic mass is 19.4. The van der Waals surface area contributed by atoms with Gasteiger partial charge in [-0.15, -0.1) is 6.58 Å². The maximum atomic E-state index is 12.8. The Kier molecular flexibility index (Phi) is 16.2. The molecule has 200 valence electrons. The molecular weight excluding hydrogens is 459 g/mol. The quantitative estimate of drug-likeness (QED) is 0.405. The van der Waals surface area contributed by atoms with E-state index in [4.69, 9.17) is 0 Å². The maximum absolute atomic E-state index is 12.8. The molecule has 0 heterocycles. The van der Waals surface area contributed by atoms with Crippen molar-refractivity contribution in [2.24, 2.45) is 5.92 Å². The molecule has 0 saturated heterocycles. The van der Waals surface area contributed by atoms with E-state index >= 15 is 0 Å². The van der Waals surface area contributed by atoms with Gasteiger partial charge in [-0.05, 0) is 67.3 Å². The Morgan fingerprint density at radius 3 is 2.25 bits per heavy atom. The number of hydrogen-bond acceptors (Lipinski definition) is 1. The first-order valence-electron chi connectivity index (χ1n) is 12.8. The number of halogens is 3. The third kappa shape index (κ3) is 12.8. The lowest BCUT2D eigenvalue weighted by molar-refractivity contribution is -0.137. The van der Waals surface area contributed by atoms with Crippen LogP contribution < -0.4 is 5.32 Å². The second-order valence-electron chi connectivity index (χ2n) is 8.99. The average molecular weight is 504 g/mol. The monoisotopic (exact) mass is 503 g/mol. The van der Waals surface area contributed by atoms with Gasteiger partial charge in [0, 0.05) is 6.42 Å². The lowest BCUT2D eigenvalue weighted by Crippen LogP contribution is -2.27. The normalized spacial score (nSPS) is 12.4. The van der Waals surface area contributed by atoms with Crippen LogP contribution in [0.4, 0.5) is 13.2 Å². The number of hydrogen-bond donors (Lipinski definition) is 1. The average Bonchev–Trinajstić information content (AvgIpc) is 2.83. The van der Waals surface area contributed by atoms with Crippen LogP contribution in [-0.2, 0) is 23.8 Å². The summed E-state index contributed by atoms with van der Waals surface area (Å²) >= 11 is 0. The molecule has 0 unspecified atom stereocenters. The molecule has 0 saturated carbocycles. The Balaban J connectivity index is 0.00000119. The number of benzene rings is 2. The van der Waals surface area contributed by atoms with Crippen LogP contribution >= 0.6 is 0 Å². The number of aryl methyl sites for hydroxylation is 2. The summed E-state index contributed by atoms with van der Waals surface area (Å²) in [4.78, 5) is 12.3. The molecule has 1 aliphatic rings. The summed E-state index contributed by atoms with van der Waals surface area (Å²) in [6, 6.07) is 11.1. The molecule has 1 atom stereocenters. The van der Waals surface area contributed by atoms with Crippen LogP contribution in [0.5, 0.6) is 0 Å². The molecule has 2 aromatic carbocycles. The SMILES string of the molecule is C=CC.CC.CC(C)C.C[C@@H](NC(=O)CCc1cccc(C(F)(F)F)c1)c1cccc2c1C=CCC2. The first-order chi connectivity index (χ1) is 17.0. The minimum Gasteiger partial charge on any atom is -0.350 e. The van der Waals surface area contributed by atoms with Crippen LogP contribution in [0.2, 0.25) is 0 Å². The van der Waals surface area contributed by atoms with Crippen LogP contribution in [0.1, 0.15) is 95.2 Å². The van der Waals surface area contributed by atoms with E-state index in [1.165, 1.54) is 11.6 Å². The van der Waals surface area contributed by atoms with E-state index in [2.05, 4.69) is 50.9 Å². The number of fused-ring (bicyclic) bond motifs is 1. The number of allylic oxidation sites excluding steroid dienone is 2. The van der Waals surface area contributed by atoms with Crippen LogP contribution in [-0.4, -0.2) is 5.91 Å². The summed E-state index contributed by atoms with van der Waals surface area (Å²) in [5, 5.41) is 2.97. The van der Waals surface area contributed by atoms with Gasteiger partial charge in [0.15, 0.2) is 0 Å². The smallest absolute Gasteiger partial charge is 0.350 e. The van der Waals surface area contributed by atoms with Crippen molar-refractivity contribution >= 4 is 12.0 Å². The van der Waals surface area contributed by atoms with E-state index in [-0.39, 0.29) is 24.8 Å². The predicted octanol–water partition coefficient (Wildman–Crippen LogP) is 9.36. The second kappa shape index (κ2) is 17.6. The van der Waals surface area contributed by atoms with Gasteiger partial charge in [0.05, 0.1) is 11.6 Å². The number of nitrogens with one attached hydrogen (secondary N) is 1. The highest BCUT2D eigenvalue weighted by Crippen LogP contribution is 2.30. The van der Waals surface area contributed by atoms with Gasteiger partial charge in [0.25, 0.3) is 0 Å². The van der Waals surface area contributed by atoms with Gasteiger partial charge in [-0.1, -0.05) is 89.2 Å². The highest BCUT2D eigenvalue weighted by Gasteiger charge is 2.30. The molecule has 36 heavy (non-hydrogen) atoms. The van der Waals surface area contributed by atoms with Crippen LogP contribution in [0, 0.1) is 5.92 Å².